The molecule has 26 nitrogen and oxygen atoms in total. The number of nitrogens with one attached hydrogen (secondary N) is 2. The predicted octanol–water partition coefficient (Wildman–Crippen LogP) is 9.33. The molecule has 7 aliphatic rings. The number of rotatable bonds is 32. The highest BCUT2D eigenvalue weighted by atomic mass is 19.4. The van der Waals surface area contributed by atoms with Gasteiger partial charge in [0.2, 0.25) is 12.6 Å². The van der Waals surface area contributed by atoms with Crippen LogP contribution in [-0.4, -0.2) is 222 Å². The number of alkyl halides is 14. The van der Waals surface area contributed by atoms with Crippen LogP contribution in [-0.2, 0) is 95.2 Å². The third kappa shape index (κ3) is 22.4. The highest BCUT2D eigenvalue weighted by Gasteiger charge is 2.78. The lowest BCUT2D eigenvalue weighted by Gasteiger charge is -2.50. The highest BCUT2D eigenvalue weighted by molar-refractivity contribution is 5.97. The molecular formula is C66H86F14N4O22. The molecule has 0 aromatic carbocycles. The fourth-order valence-electron chi connectivity index (χ4n) is 14.9. The molecule has 106 heavy (non-hydrogen) atoms. The van der Waals surface area contributed by atoms with Crippen molar-refractivity contribution < 1.29 is 166 Å². The van der Waals surface area contributed by atoms with Crippen molar-refractivity contribution in [3.8, 4) is 0 Å². The van der Waals surface area contributed by atoms with Gasteiger partial charge < -0.3 is 77.3 Å². The van der Waals surface area contributed by atoms with E-state index in [0.29, 0.717) is 25.7 Å². The number of halogens is 14. The van der Waals surface area contributed by atoms with Gasteiger partial charge in [0, 0.05) is 38.4 Å². The van der Waals surface area contributed by atoms with Gasteiger partial charge in [0.1, 0.15) is 37.9 Å². The van der Waals surface area contributed by atoms with Crippen LogP contribution in [0.1, 0.15) is 131 Å². The largest absolute Gasteiger partial charge is 0.465 e. The number of carbonyl (C=O) groups excluding carboxylic acids is 10. The number of carbonyl (C=O) groups is 10. The molecule has 0 radical (unpaired) electrons. The number of alkyl carbamates (subject to hydrolysis) is 2. The van der Waals surface area contributed by atoms with E-state index in [1.807, 2.05) is 0 Å². The van der Waals surface area contributed by atoms with Gasteiger partial charge in [-0.3, -0.25) is 38.4 Å². The summed E-state index contributed by atoms with van der Waals surface area (Å²) in [4.78, 5) is 128. The minimum atomic E-state index is -6.85. The van der Waals surface area contributed by atoms with Crippen LogP contribution in [0, 0.1) is 45.3 Å². The SMILES string of the molecule is C=C1COC(CN(C(=O)C(F)(F)C(F)(F)C(F)(F)F)C2CC(C)(C)CC(C)(CNC(=O)OC(COCC3CCCC(COCC(COC(=O)NCC4(C)C[C@@H](N(CC5OCC(=C)O5)C(=O)C(F)(F)C(F)(F)C(F)(F)F)CC(C)(C)C4)OC(=O)CC4CC(=O)OC4=O)C3)COC(=O)CC3CC(=O)OC3=O)C2)O1. The molecule has 7 rings (SSSR count). The molecule has 3 saturated carbocycles. The Bertz CT molecular complexity index is 3270. The van der Waals surface area contributed by atoms with Gasteiger partial charge in [0.15, 0.2) is 12.2 Å². The maximum absolute atomic E-state index is 15.3. The number of hydrogen-bond donors (Lipinski definition) is 2. The van der Waals surface area contributed by atoms with Crippen molar-refractivity contribution in [3.05, 3.63) is 24.7 Å². The van der Waals surface area contributed by atoms with Gasteiger partial charge in [0.05, 0.1) is 63.8 Å². The van der Waals surface area contributed by atoms with Crippen molar-refractivity contribution in [3.63, 3.8) is 0 Å². The van der Waals surface area contributed by atoms with E-state index >= 15 is 17.6 Å². The van der Waals surface area contributed by atoms with Crippen molar-refractivity contribution in [2.24, 2.45) is 45.3 Å². The number of nitrogens with zero attached hydrogens (tertiary/aromatic N) is 2. The monoisotopic (exact) mass is 1550 g/mol. The molecule has 0 bridgehead atoms. The van der Waals surface area contributed by atoms with E-state index in [-0.39, 0.29) is 105 Å². The Hall–Kier alpha value is -7.36. The molecular weight excluding hydrogens is 1470 g/mol. The molecule has 4 aliphatic heterocycles. The smallest absolute Gasteiger partial charge is 0.460 e. The fourth-order valence-corrected chi connectivity index (χ4v) is 14.9. The van der Waals surface area contributed by atoms with Crippen molar-refractivity contribution in [1.82, 2.24) is 20.4 Å². The minimum Gasteiger partial charge on any atom is -0.465 e. The summed E-state index contributed by atoms with van der Waals surface area (Å²) in [5.41, 5.74) is -4.41. The molecule has 600 valence electrons. The number of amides is 4. The Morgan fingerprint density at radius 1 is 0.538 bits per heavy atom. The lowest BCUT2D eigenvalue weighted by atomic mass is 9.62. The van der Waals surface area contributed by atoms with Gasteiger partial charge in [-0.25, -0.2) is 9.59 Å². The molecule has 7 fully saturated rings. The van der Waals surface area contributed by atoms with Crippen LogP contribution in [0.5, 0.6) is 0 Å². The molecule has 4 amide bonds. The molecule has 11 unspecified atom stereocenters. The molecule has 0 spiro atoms. The van der Waals surface area contributed by atoms with Crippen molar-refractivity contribution in [2.45, 2.75) is 204 Å². The maximum atomic E-state index is 15.3. The lowest BCUT2D eigenvalue weighted by Crippen LogP contribution is -2.63. The summed E-state index contributed by atoms with van der Waals surface area (Å²) in [6.07, 6.45) is -22.9. The summed E-state index contributed by atoms with van der Waals surface area (Å²) < 4.78 is 263. The van der Waals surface area contributed by atoms with Gasteiger partial charge in [-0.2, -0.15) is 61.5 Å². The van der Waals surface area contributed by atoms with Gasteiger partial charge >= 0.3 is 95.9 Å². The quantitative estimate of drug-likeness (QED) is 0.0274. The van der Waals surface area contributed by atoms with Gasteiger partial charge in [-0.1, -0.05) is 61.1 Å². The zero-order chi connectivity index (χ0) is 79.1. The number of hydrogen-bond acceptors (Lipinski definition) is 22. The van der Waals surface area contributed by atoms with Crippen LogP contribution in [0.25, 0.3) is 0 Å². The molecule has 0 aromatic rings. The van der Waals surface area contributed by atoms with E-state index in [2.05, 4.69) is 33.3 Å². The van der Waals surface area contributed by atoms with Crippen LogP contribution >= 0.6 is 0 Å². The molecule has 40 heteroatoms. The summed E-state index contributed by atoms with van der Waals surface area (Å²) in [6, 6.07) is -2.97. The van der Waals surface area contributed by atoms with Crippen molar-refractivity contribution >= 4 is 59.8 Å². The van der Waals surface area contributed by atoms with Crippen molar-refractivity contribution in [2.75, 3.05) is 79.0 Å². The van der Waals surface area contributed by atoms with Crippen LogP contribution in [0.2, 0.25) is 0 Å². The van der Waals surface area contributed by atoms with Gasteiger partial charge in [-0.15, -0.1) is 0 Å². The average molecular weight is 1550 g/mol. The van der Waals surface area contributed by atoms with E-state index in [9.17, 15) is 91.8 Å². The topological polar surface area (TPSA) is 312 Å². The molecule has 0 aromatic heterocycles. The number of esters is 6. The van der Waals surface area contributed by atoms with Crippen molar-refractivity contribution in [1.29, 1.82) is 0 Å². The van der Waals surface area contributed by atoms with Gasteiger partial charge in [0.25, 0.3) is 0 Å². The van der Waals surface area contributed by atoms with E-state index in [1.165, 1.54) is 13.8 Å². The average Bonchev–Trinajstić information content (AvgIpc) is 0.929. The Labute approximate surface area is 598 Å². The Balaban J connectivity index is 0.966. The fraction of sp³-hybridized carbons (Fsp3) is 0.788. The normalized spacial score (nSPS) is 27.8. The van der Waals surface area contributed by atoms with E-state index in [4.69, 9.17) is 47.4 Å². The molecule has 2 N–H and O–H groups in total. The highest BCUT2D eigenvalue weighted by Crippen LogP contribution is 2.53. The molecule has 4 saturated heterocycles. The standard InChI is InChI=1S/C66H86F14N4O22/c1-35-23-98-49(101-35)21-83(53(91)61(67,68)63(71,72)65(75,76)77)41-17-57(3,4)31-59(7,19-41)33-81-55(93)100-30-43(103-46(86)14-40-16-48(88)106-52(40)90)27-95-25-37-10-9-11-38(12-37)26-96-28-44(29-97-45(85)13-39-15-47(87)105-51(39)89)104-56(94)82-34-60(8)20-42(18-58(5,6)32-60)84(22-50-99-24-36(2)102-50)54(92)62(69,70)64(73,74)66(78,79)80/h37-44,49-50H,1-2,9-34H2,3-8H3,(H,81,93)(H,82,94)/t37?,38?,39?,40?,41-,42?,43?,44?,49?,50?,59?,60?/m0/s1. The Morgan fingerprint density at radius 3 is 1.32 bits per heavy atom. The summed E-state index contributed by atoms with van der Waals surface area (Å²) in [5, 5.41) is 5.00. The first-order valence-corrected chi connectivity index (χ1v) is 33.9. The second-order valence-corrected chi connectivity index (χ2v) is 30.3. The third-order valence-electron chi connectivity index (χ3n) is 19.1. The molecule has 4 heterocycles. The summed E-state index contributed by atoms with van der Waals surface area (Å²) in [6.45, 7) is 10.6. The first-order valence-electron chi connectivity index (χ1n) is 33.9. The Kier molecular flexibility index (Phi) is 27.3. The second kappa shape index (κ2) is 33.6. The van der Waals surface area contributed by atoms with Crippen LogP contribution in [0.4, 0.5) is 71.1 Å². The summed E-state index contributed by atoms with van der Waals surface area (Å²) in [5.74, 6) is -40.8. The molecule has 3 aliphatic carbocycles. The zero-order valence-corrected chi connectivity index (χ0v) is 58.7. The van der Waals surface area contributed by atoms with E-state index in [0.717, 1.165) is 0 Å². The van der Waals surface area contributed by atoms with E-state index < -0.39 is 238 Å². The van der Waals surface area contributed by atoms with E-state index in [1.54, 1.807) is 27.7 Å². The predicted molar refractivity (Wildman–Crippen MR) is 328 cm³/mol. The zero-order valence-electron chi connectivity index (χ0n) is 58.7. The van der Waals surface area contributed by atoms with Crippen LogP contribution in [0.15, 0.2) is 24.7 Å². The Morgan fingerprint density at radius 2 is 0.934 bits per heavy atom. The number of cyclic esters (lactones) is 4. The maximum Gasteiger partial charge on any atom is 0.460 e. The summed E-state index contributed by atoms with van der Waals surface area (Å²) in [7, 11) is 0. The lowest BCUT2D eigenvalue weighted by molar-refractivity contribution is -0.346. The summed E-state index contributed by atoms with van der Waals surface area (Å²) >= 11 is 0. The second-order valence-electron chi connectivity index (χ2n) is 30.3. The number of ether oxygens (including phenoxy) is 12. The third-order valence-corrected chi connectivity index (χ3v) is 19.1. The van der Waals surface area contributed by atoms with Gasteiger partial charge in [-0.05, 0) is 91.3 Å². The van der Waals surface area contributed by atoms with Crippen LogP contribution < -0.4 is 10.6 Å². The first kappa shape index (κ1) is 85.9. The molecule has 12 atom stereocenters. The minimum absolute atomic E-state index is 0.0181. The first-order chi connectivity index (χ1) is 48.8. The van der Waals surface area contributed by atoms with Crippen LogP contribution in [0.3, 0.4) is 0 Å².